The third-order valence-corrected chi connectivity index (χ3v) is 2.43. The number of amides is 1. The Hall–Kier alpha value is -1.50. The molecule has 2 N–H and O–H groups in total. The van der Waals surface area contributed by atoms with Crippen LogP contribution in [0, 0.1) is 16.7 Å². The van der Waals surface area contributed by atoms with Crippen molar-refractivity contribution in [3.8, 4) is 6.07 Å². The molecule has 0 aliphatic rings. The number of carbonyl (C=O) groups is 1. The summed E-state index contributed by atoms with van der Waals surface area (Å²) in [4.78, 5) is 12.0. The van der Waals surface area contributed by atoms with Crippen molar-refractivity contribution in [3.63, 3.8) is 0 Å². The molecular weight excluding hydrogens is 250 g/mol. The van der Waals surface area contributed by atoms with Crippen LogP contribution in [0.3, 0.4) is 0 Å². The van der Waals surface area contributed by atoms with E-state index in [2.05, 4.69) is 45.3 Å². The Kier molecular flexibility index (Phi) is 5.83. The molecule has 0 aromatic heterocycles. The third-order valence-electron chi connectivity index (χ3n) is 2.43. The Morgan fingerprint density at radius 2 is 1.60 bits per heavy atom. The minimum Gasteiger partial charge on any atom is -0.385 e. The fraction of sp³-hybridized carbons (Fsp3) is 0.750. The van der Waals surface area contributed by atoms with Crippen molar-refractivity contribution < 1.29 is 4.79 Å². The van der Waals surface area contributed by atoms with Gasteiger partial charge in [0, 0.05) is 17.3 Å². The average molecular weight is 279 g/mol. The number of rotatable bonds is 4. The van der Waals surface area contributed by atoms with Gasteiger partial charge in [-0.25, -0.2) is 0 Å². The second-order valence-corrected chi connectivity index (χ2v) is 8.14. The molecule has 20 heavy (non-hydrogen) atoms. The Balaban J connectivity index is 4.85. The smallest absolute Gasteiger partial charge is 0.263 e. The summed E-state index contributed by atoms with van der Waals surface area (Å²) in [6, 6.07) is 1.95. The van der Waals surface area contributed by atoms with Gasteiger partial charge in [-0.2, -0.15) is 5.26 Å². The van der Waals surface area contributed by atoms with Crippen molar-refractivity contribution in [2.75, 3.05) is 0 Å². The third kappa shape index (κ3) is 8.58. The largest absolute Gasteiger partial charge is 0.385 e. The van der Waals surface area contributed by atoms with E-state index in [1.807, 2.05) is 26.8 Å². The summed E-state index contributed by atoms with van der Waals surface area (Å²) >= 11 is 0. The summed E-state index contributed by atoms with van der Waals surface area (Å²) in [6.07, 6.45) is 2.45. The van der Waals surface area contributed by atoms with E-state index in [1.54, 1.807) is 0 Å². The molecule has 0 unspecified atom stereocenters. The van der Waals surface area contributed by atoms with E-state index in [0.717, 1.165) is 6.42 Å². The molecular formula is C16H29N3O. The summed E-state index contributed by atoms with van der Waals surface area (Å²) in [6.45, 7) is 16.3. The quantitative estimate of drug-likeness (QED) is 0.614. The van der Waals surface area contributed by atoms with Gasteiger partial charge in [-0.05, 0) is 46.5 Å². The first-order valence-electron chi connectivity index (χ1n) is 6.96. The first-order chi connectivity index (χ1) is 8.76. The first-order valence-corrected chi connectivity index (χ1v) is 6.96. The summed E-state index contributed by atoms with van der Waals surface area (Å²) in [5.41, 5.74) is -0.261. The lowest BCUT2D eigenvalue weighted by molar-refractivity contribution is -0.118. The second-order valence-electron chi connectivity index (χ2n) is 8.14. The van der Waals surface area contributed by atoms with E-state index in [9.17, 15) is 4.79 Å². The molecule has 0 aliphatic heterocycles. The van der Waals surface area contributed by atoms with Crippen LogP contribution in [0.2, 0.25) is 0 Å². The molecule has 0 aromatic rings. The number of carbonyl (C=O) groups excluding carboxylic acids is 1. The molecule has 0 aliphatic carbocycles. The summed E-state index contributed by atoms with van der Waals surface area (Å²) in [7, 11) is 0. The fourth-order valence-electron chi connectivity index (χ4n) is 2.20. The highest BCUT2D eigenvalue weighted by Crippen LogP contribution is 2.26. The van der Waals surface area contributed by atoms with Gasteiger partial charge in [0.15, 0.2) is 0 Å². The normalized spacial score (nSPS) is 13.7. The molecule has 0 heterocycles. The molecule has 0 spiro atoms. The maximum atomic E-state index is 12.0. The van der Waals surface area contributed by atoms with E-state index >= 15 is 0 Å². The SMILES string of the molecule is CC(C)(C)CC(C)(C)N/C=C(/C#N)C(=O)NC(C)(C)C. The number of hydrogen-bond acceptors (Lipinski definition) is 3. The number of nitrogens with one attached hydrogen (secondary N) is 2. The van der Waals surface area contributed by atoms with Gasteiger partial charge in [0.05, 0.1) is 0 Å². The maximum absolute atomic E-state index is 12.0. The Morgan fingerprint density at radius 1 is 1.10 bits per heavy atom. The van der Waals surface area contributed by atoms with Crippen molar-refractivity contribution in [1.82, 2.24) is 10.6 Å². The van der Waals surface area contributed by atoms with Gasteiger partial charge in [0.2, 0.25) is 0 Å². The van der Waals surface area contributed by atoms with Crippen LogP contribution in [0.1, 0.15) is 61.8 Å². The van der Waals surface area contributed by atoms with Crippen LogP contribution >= 0.6 is 0 Å². The maximum Gasteiger partial charge on any atom is 0.263 e. The lowest BCUT2D eigenvalue weighted by Crippen LogP contribution is -2.43. The minimum atomic E-state index is -0.353. The van der Waals surface area contributed by atoms with E-state index in [1.165, 1.54) is 6.20 Å². The Morgan fingerprint density at radius 3 is 1.95 bits per heavy atom. The number of nitriles is 1. The highest BCUT2D eigenvalue weighted by Gasteiger charge is 2.25. The van der Waals surface area contributed by atoms with Crippen molar-refractivity contribution in [3.05, 3.63) is 11.8 Å². The van der Waals surface area contributed by atoms with Crippen LogP contribution in [0.25, 0.3) is 0 Å². The van der Waals surface area contributed by atoms with Crippen LogP contribution in [-0.2, 0) is 4.79 Å². The molecule has 0 rings (SSSR count). The molecule has 0 bridgehead atoms. The standard InChI is InChI=1S/C16H29N3O/c1-14(2,3)11-16(7,8)18-10-12(9-17)13(20)19-15(4,5)6/h10,18H,11H2,1-8H3,(H,19,20)/b12-10-. The van der Waals surface area contributed by atoms with Gasteiger partial charge in [0.25, 0.3) is 5.91 Å². The van der Waals surface area contributed by atoms with Crippen LogP contribution in [-0.4, -0.2) is 17.0 Å². The van der Waals surface area contributed by atoms with Gasteiger partial charge >= 0.3 is 0 Å². The lowest BCUT2D eigenvalue weighted by atomic mass is 9.82. The number of nitrogens with zero attached hydrogens (tertiary/aromatic N) is 1. The predicted molar refractivity (Wildman–Crippen MR) is 82.9 cm³/mol. The highest BCUT2D eigenvalue weighted by atomic mass is 16.1. The minimum absolute atomic E-state index is 0.0990. The van der Waals surface area contributed by atoms with Crippen molar-refractivity contribution >= 4 is 5.91 Å². The van der Waals surface area contributed by atoms with Crippen LogP contribution in [0.5, 0.6) is 0 Å². The zero-order valence-corrected chi connectivity index (χ0v) is 14.1. The van der Waals surface area contributed by atoms with Crippen molar-refractivity contribution in [2.45, 2.75) is 72.9 Å². The van der Waals surface area contributed by atoms with Gasteiger partial charge in [-0.1, -0.05) is 20.8 Å². The van der Waals surface area contributed by atoms with Gasteiger partial charge < -0.3 is 10.6 Å². The van der Waals surface area contributed by atoms with Crippen LogP contribution in [0.4, 0.5) is 0 Å². The summed E-state index contributed by atoms with van der Waals surface area (Å²) in [5.74, 6) is -0.348. The molecule has 0 radical (unpaired) electrons. The molecule has 114 valence electrons. The Bertz CT molecular complexity index is 414. The van der Waals surface area contributed by atoms with Gasteiger partial charge in [-0.15, -0.1) is 0 Å². The zero-order valence-electron chi connectivity index (χ0n) is 14.1. The molecule has 0 saturated carbocycles. The van der Waals surface area contributed by atoms with Crippen molar-refractivity contribution in [1.29, 1.82) is 5.26 Å². The number of hydrogen-bond donors (Lipinski definition) is 2. The fourth-order valence-corrected chi connectivity index (χ4v) is 2.20. The highest BCUT2D eigenvalue weighted by molar-refractivity contribution is 5.97. The molecule has 4 nitrogen and oxygen atoms in total. The lowest BCUT2D eigenvalue weighted by Gasteiger charge is -2.33. The predicted octanol–water partition coefficient (Wildman–Crippen LogP) is 3.11. The van der Waals surface area contributed by atoms with Gasteiger partial charge in [0.1, 0.15) is 11.6 Å². The molecule has 0 atom stereocenters. The van der Waals surface area contributed by atoms with E-state index in [0.29, 0.717) is 0 Å². The van der Waals surface area contributed by atoms with E-state index in [-0.39, 0.29) is 28.0 Å². The molecule has 0 aromatic carbocycles. The summed E-state index contributed by atoms with van der Waals surface area (Å²) in [5, 5.41) is 15.1. The van der Waals surface area contributed by atoms with E-state index in [4.69, 9.17) is 5.26 Å². The molecule has 0 fully saturated rings. The second kappa shape index (κ2) is 6.30. The molecule has 1 amide bonds. The Labute approximate surface area is 123 Å². The van der Waals surface area contributed by atoms with Crippen molar-refractivity contribution in [2.24, 2.45) is 5.41 Å². The topological polar surface area (TPSA) is 64.9 Å². The molecule has 4 heteroatoms. The summed E-state index contributed by atoms with van der Waals surface area (Å²) < 4.78 is 0. The first kappa shape index (κ1) is 18.5. The average Bonchev–Trinajstić information content (AvgIpc) is 2.10. The monoisotopic (exact) mass is 279 g/mol. The van der Waals surface area contributed by atoms with E-state index < -0.39 is 0 Å². The van der Waals surface area contributed by atoms with Crippen LogP contribution in [0.15, 0.2) is 11.8 Å². The zero-order chi connectivity index (χ0) is 16.2. The van der Waals surface area contributed by atoms with Gasteiger partial charge in [-0.3, -0.25) is 4.79 Å². The van der Waals surface area contributed by atoms with Crippen LogP contribution < -0.4 is 10.6 Å². The molecule has 0 saturated heterocycles.